The summed E-state index contributed by atoms with van der Waals surface area (Å²) in [5.41, 5.74) is 0.245. The van der Waals surface area contributed by atoms with Gasteiger partial charge in [-0.3, -0.25) is 9.69 Å². The molecule has 28 heavy (non-hydrogen) atoms. The number of carbonyl (C=O) groups excluding carboxylic acids is 1. The van der Waals surface area contributed by atoms with Crippen molar-refractivity contribution in [2.45, 2.75) is 25.9 Å². The van der Waals surface area contributed by atoms with Gasteiger partial charge in [0.15, 0.2) is 23.1 Å². The van der Waals surface area contributed by atoms with Crippen LogP contribution in [0.5, 0.6) is 11.5 Å². The van der Waals surface area contributed by atoms with Gasteiger partial charge in [-0.1, -0.05) is 12.1 Å². The Hall–Kier alpha value is -2.67. The number of para-hydroxylation sites is 2. The summed E-state index contributed by atoms with van der Waals surface area (Å²) in [5, 5.41) is 2.59. The number of rotatable bonds is 7. The van der Waals surface area contributed by atoms with E-state index >= 15 is 0 Å². The highest BCUT2D eigenvalue weighted by molar-refractivity contribution is 5.92. The van der Waals surface area contributed by atoms with Gasteiger partial charge in [0.1, 0.15) is 6.10 Å². The Morgan fingerprint density at radius 2 is 1.82 bits per heavy atom. The van der Waals surface area contributed by atoms with Crippen molar-refractivity contribution < 1.29 is 23.0 Å². The van der Waals surface area contributed by atoms with E-state index in [1.807, 2.05) is 36.1 Å². The first-order chi connectivity index (χ1) is 13.5. The van der Waals surface area contributed by atoms with Crippen LogP contribution >= 0.6 is 0 Å². The summed E-state index contributed by atoms with van der Waals surface area (Å²) < 4.78 is 37.9. The van der Waals surface area contributed by atoms with Crippen LogP contribution < -0.4 is 14.8 Å². The first-order valence-electron chi connectivity index (χ1n) is 9.41. The summed E-state index contributed by atoms with van der Waals surface area (Å²) in [5.74, 6) is -0.710. The Morgan fingerprint density at radius 1 is 1.11 bits per heavy atom. The summed E-state index contributed by atoms with van der Waals surface area (Å²) in [6, 6.07) is 10.9. The molecule has 1 heterocycles. The van der Waals surface area contributed by atoms with Gasteiger partial charge in [0.2, 0.25) is 5.91 Å². The highest BCUT2D eigenvalue weighted by atomic mass is 19.2. The van der Waals surface area contributed by atoms with Crippen molar-refractivity contribution in [3.05, 3.63) is 54.1 Å². The second-order valence-electron chi connectivity index (χ2n) is 6.65. The van der Waals surface area contributed by atoms with Crippen molar-refractivity contribution in [1.82, 2.24) is 4.90 Å². The van der Waals surface area contributed by atoms with Gasteiger partial charge in [-0.2, -0.15) is 0 Å². The van der Waals surface area contributed by atoms with E-state index in [-0.39, 0.29) is 24.2 Å². The molecule has 1 aliphatic heterocycles. The second-order valence-corrected chi connectivity index (χ2v) is 6.65. The number of likely N-dealkylation sites (tertiary alicyclic amines) is 1. The zero-order valence-corrected chi connectivity index (χ0v) is 15.8. The fourth-order valence-electron chi connectivity index (χ4n) is 3.16. The Kier molecular flexibility index (Phi) is 6.81. The summed E-state index contributed by atoms with van der Waals surface area (Å²) in [7, 11) is 0. The largest absolute Gasteiger partial charge is 0.490 e. The zero-order valence-electron chi connectivity index (χ0n) is 15.8. The molecule has 150 valence electrons. The number of anilines is 1. The van der Waals surface area contributed by atoms with Crippen LogP contribution in [0.4, 0.5) is 14.5 Å². The Balaban J connectivity index is 1.46. The van der Waals surface area contributed by atoms with Crippen LogP contribution in [-0.4, -0.2) is 43.2 Å². The molecule has 0 radical (unpaired) electrons. The molecule has 2 aromatic rings. The molecular weight excluding hydrogens is 366 g/mol. The van der Waals surface area contributed by atoms with E-state index in [0.29, 0.717) is 19.7 Å². The second kappa shape index (κ2) is 9.50. The lowest BCUT2D eigenvalue weighted by atomic mass is 10.1. The van der Waals surface area contributed by atoms with E-state index in [0.717, 1.165) is 36.5 Å². The molecule has 0 aromatic heterocycles. The van der Waals surface area contributed by atoms with Crippen LogP contribution in [0.2, 0.25) is 0 Å². The average molecular weight is 390 g/mol. The Labute approximate surface area is 163 Å². The normalized spacial score (nSPS) is 15.2. The molecule has 1 N–H and O–H groups in total. The van der Waals surface area contributed by atoms with E-state index in [1.165, 1.54) is 6.07 Å². The zero-order chi connectivity index (χ0) is 19.9. The minimum absolute atomic E-state index is 0.0621. The van der Waals surface area contributed by atoms with Gasteiger partial charge < -0.3 is 14.8 Å². The topological polar surface area (TPSA) is 50.8 Å². The van der Waals surface area contributed by atoms with E-state index in [1.54, 1.807) is 0 Å². The van der Waals surface area contributed by atoms with E-state index in [2.05, 4.69) is 5.32 Å². The summed E-state index contributed by atoms with van der Waals surface area (Å²) in [4.78, 5) is 14.2. The number of ether oxygens (including phenoxy) is 2. The van der Waals surface area contributed by atoms with Gasteiger partial charge in [0.25, 0.3) is 0 Å². The smallest absolute Gasteiger partial charge is 0.238 e. The molecule has 1 saturated heterocycles. The fourth-order valence-corrected chi connectivity index (χ4v) is 3.16. The maximum Gasteiger partial charge on any atom is 0.238 e. The highest BCUT2D eigenvalue weighted by Crippen LogP contribution is 2.29. The number of hydrogen-bond acceptors (Lipinski definition) is 4. The molecule has 3 rings (SSSR count). The molecule has 0 aliphatic carbocycles. The first-order valence-corrected chi connectivity index (χ1v) is 9.41. The number of piperidine rings is 1. The maximum atomic E-state index is 13.2. The summed E-state index contributed by atoms with van der Waals surface area (Å²) in [6.07, 6.45) is 1.64. The van der Waals surface area contributed by atoms with Crippen molar-refractivity contribution in [3.8, 4) is 11.5 Å². The van der Waals surface area contributed by atoms with Crippen molar-refractivity contribution in [3.63, 3.8) is 0 Å². The lowest BCUT2D eigenvalue weighted by molar-refractivity contribution is -0.117. The van der Waals surface area contributed by atoms with Crippen LogP contribution in [0.3, 0.4) is 0 Å². The fraction of sp³-hybridized carbons (Fsp3) is 0.381. The van der Waals surface area contributed by atoms with Crippen molar-refractivity contribution in [1.29, 1.82) is 0 Å². The molecule has 7 heteroatoms. The molecular formula is C21H24F2N2O3. The van der Waals surface area contributed by atoms with Gasteiger partial charge in [-0.05, 0) is 44.0 Å². The molecule has 0 bridgehead atoms. The van der Waals surface area contributed by atoms with E-state index in [9.17, 15) is 13.6 Å². The standard InChI is InChI=1S/C21H24F2N2O3/c1-2-27-19-5-3-4-6-20(19)28-16-9-11-25(12-10-16)14-21(26)24-15-7-8-17(22)18(23)13-15/h3-8,13,16H,2,9-12,14H2,1H3,(H,24,26). The number of nitrogens with one attached hydrogen (secondary N) is 1. The summed E-state index contributed by atoms with van der Waals surface area (Å²) >= 11 is 0. The van der Waals surface area contributed by atoms with E-state index < -0.39 is 11.6 Å². The lowest BCUT2D eigenvalue weighted by Crippen LogP contribution is -2.42. The third kappa shape index (κ3) is 5.42. The number of benzene rings is 2. The van der Waals surface area contributed by atoms with Gasteiger partial charge in [-0.15, -0.1) is 0 Å². The molecule has 0 unspecified atom stereocenters. The maximum absolute atomic E-state index is 13.2. The van der Waals surface area contributed by atoms with E-state index in [4.69, 9.17) is 9.47 Å². The molecule has 1 fully saturated rings. The average Bonchev–Trinajstić information content (AvgIpc) is 2.68. The number of amides is 1. The van der Waals surface area contributed by atoms with Gasteiger partial charge in [0.05, 0.1) is 13.2 Å². The predicted octanol–water partition coefficient (Wildman–Crippen LogP) is 3.85. The molecule has 2 aromatic carbocycles. The predicted molar refractivity (Wildman–Crippen MR) is 103 cm³/mol. The molecule has 0 saturated carbocycles. The summed E-state index contributed by atoms with van der Waals surface area (Å²) in [6.45, 7) is 4.13. The third-order valence-corrected chi connectivity index (χ3v) is 4.55. The minimum atomic E-state index is -0.983. The molecule has 1 aliphatic rings. The minimum Gasteiger partial charge on any atom is -0.490 e. The van der Waals surface area contributed by atoms with Crippen LogP contribution in [-0.2, 0) is 4.79 Å². The molecule has 0 spiro atoms. The SMILES string of the molecule is CCOc1ccccc1OC1CCN(CC(=O)Nc2ccc(F)c(F)c2)CC1. The number of carbonyl (C=O) groups is 1. The number of hydrogen-bond donors (Lipinski definition) is 1. The molecule has 0 atom stereocenters. The monoisotopic (exact) mass is 390 g/mol. The van der Waals surface area contributed by atoms with Gasteiger partial charge >= 0.3 is 0 Å². The molecule has 1 amide bonds. The van der Waals surface area contributed by atoms with Crippen LogP contribution in [0.15, 0.2) is 42.5 Å². The lowest BCUT2D eigenvalue weighted by Gasteiger charge is -2.32. The first kappa shape index (κ1) is 20.1. The van der Waals surface area contributed by atoms with Crippen LogP contribution in [0.1, 0.15) is 19.8 Å². The Bertz CT molecular complexity index is 808. The van der Waals surface area contributed by atoms with Gasteiger partial charge in [0, 0.05) is 24.8 Å². The number of halogens is 2. The third-order valence-electron chi connectivity index (χ3n) is 4.55. The van der Waals surface area contributed by atoms with Gasteiger partial charge in [-0.25, -0.2) is 8.78 Å². The highest BCUT2D eigenvalue weighted by Gasteiger charge is 2.23. The van der Waals surface area contributed by atoms with Crippen molar-refractivity contribution in [2.24, 2.45) is 0 Å². The van der Waals surface area contributed by atoms with Crippen LogP contribution in [0.25, 0.3) is 0 Å². The molecule has 5 nitrogen and oxygen atoms in total. The van der Waals surface area contributed by atoms with Crippen molar-refractivity contribution in [2.75, 3.05) is 31.6 Å². The van der Waals surface area contributed by atoms with Crippen molar-refractivity contribution >= 4 is 11.6 Å². The number of nitrogens with zero attached hydrogens (tertiary/aromatic N) is 1. The quantitative estimate of drug-likeness (QED) is 0.780. The van der Waals surface area contributed by atoms with Crippen LogP contribution in [0, 0.1) is 11.6 Å². The Morgan fingerprint density at radius 3 is 2.50 bits per heavy atom.